The summed E-state index contributed by atoms with van der Waals surface area (Å²) < 4.78 is 17.6. The fourth-order valence-corrected chi connectivity index (χ4v) is 1.41. The molecular weight excluding hydrogens is 223 g/mol. The van der Waals surface area contributed by atoms with Crippen LogP contribution in [0.4, 0.5) is 10.2 Å². The average Bonchev–Trinajstić information content (AvgIpc) is 2.27. The maximum Gasteiger partial charge on any atom is 0.325 e. The van der Waals surface area contributed by atoms with Crippen LogP contribution in [-0.2, 0) is 9.53 Å². The van der Waals surface area contributed by atoms with Gasteiger partial charge in [0.05, 0.1) is 12.8 Å². The van der Waals surface area contributed by atoms with Crippen molar-refractivity contribution in [2.24, 2.45) is 0 Å². The number of aromatic nitrogens is 1. The van der Waals surface area contributed by atoms with E-state index in [9.17, 15) is 9.18 Å². The van der Waals surface area contributed by atoms with Gasteiger partial charge in [-0.15, -0.1) is 0 Å². The molecule has 0 radical (unpaired) electrons. The van der Waals surface area contributed by atoms with Gasteiger partial charge in [0.1, 0.15) is 18.2 Å². The number of carbonyl (C=O) groups excluding carboxylic acids is 1. The lowest BCUT2D eigenvalue weighted by atomic mass is 10.3. The minimum Gasteiger partial charge on any atom is -0.465 e. The first kappa shape index (κ1) is 13.4. The second kappa shape index (κ2) is 6.18. The predicted octanol–water partition coefficient (Wildman–Crippen LogP) is 2.00. The Morgan fingerprint density at radius 3 is 2.71 bits per heavy atom. The van der Waals surface area contributed by atoms with E-state index < -0.39 is 5.82 Å². The van der Waals surface area contributed by atoms with E-state index in [-0.39, 0.29) is 18.6 Å². The Hall–Kier alpha value is -1.65. The Bertz CT molecular complexity index is 365. The van der Waals surface area contributed by atoms with Gasteiger partial charge in [0, 0.05) is 6.04 Å². The molecule has 1 heterocycles. The van der Waals surface area contributed by atoms with E-state index in [1.54, 1.807) is 17.9 Å². The number of nitrogens with zero attached hydrogens (tertiary/aromatic N) is 2. The smallest absolute Gasteiger partial charge is 0.325 e. The predicted molar refractivity (Wildman–Crippen MR) is 63.3 cm³/mol. The molecule has 0 amide bonds. The average molecular weight is 240 g/mol. The molecule has 0 saturated carbocycles. The number of ether oxygens (including phenoxy) is 1. The SMILES string of the molecule is CCOC(=O)CN(c1ccc(F)cn1)C(C)C. The lowest BCUT2D eigenvalue weighted by molar-refractivity contribution is -0.141. The van der Waals surface area contributed by atoms with Crippen molar-refractivity contribution in [3.63, 3.8) is 0 Å². The summed E-state index contributed by atoms with van der Waals surface area (Å²) in [5.41, 5.74) is 0. The number of anilines is 1. The quantitative estimate of drug-likeness (QED) is 0.738. The topological polar surface area (TPSA) is 42.4 Å². The first-order chi connectivity index (χ1) is 8.04. The summed E-state index contributed by atoms with van der Waals surface area (Å²) in [5.74, 6) is -0.143. The molecule has 0 spiro atoms. The highest BCUT2D eigenvalue weighted by molar-refractivity contribution is 5.75. The summed E-state index contributed by atoms with van der Waals surface area (Å²) in [6.45, 7) is 6.09. The van der Waals surface area contributed by atoms with Gasteiger partial charge in [0.25, 0.3) is 0 Å². The summed E-state index contributed by atoms with van der Waals surface area (Å²) in [4.78, 5) is 17.1. The van der Waals surface area contributed by atoms with Gasteiger partial charge in [-0.3, -0.25) is 4.79 Å². The maximum atomic E-state index is 12.8. The molecule has 1 aromatic rings. The molecule has 5 heteroatoms. The molecule has 0 aliphatic heterocycles. The lowest BCUT2D eigenvalue weighted by Gasteiger charge is -2.26. The molecule has 0 atom stereocenters. The van der Waals surface area contributed by atoms with Crippen molar-refractivity contribution in [1.29, 1.82) is 0 Å². The van der Waals surface area contributed by atoms with E-state index in [2.05, 4.69) is 4.98 Å². The fraction of sp³-hybridized carbons (Fsp3) is 0.500. The van der Waals surface area contributed by atoms with Gasteiger partial charge in [0.15, 0.2) is 0 Å². The molecule has 4 nitrogen and oxygen atoms in total. The van der Waals surface area contributed by atoms with Crippen LogP contribution in [0.3, 0.4) is 0 Å². The van der Waals surface area contributed by atoms with Crippen molar-refractivity contribution >= 4 is 11.8 Å². The van der Waals surface area contributed by atoms with Crippen LogP contribution >= 0.6 is 0 Å². The molecule has 17 heavy (non-hydrogen) atoms. The standard InChI is InChI=1S/C12H17FN2O2/c1-4-17-12(16)8-15(9(2)3)11-6-5-10(13)7-14-11/h5-7,9H,4,8H2,1-3H3. The molecule has 1 aromatic heterocycles. The molecule has 0 fully saturated rings. The zero-order chi connectivity index (χ0) is 12.8. The summed E-state index contributed by atoms with van der Waals surface area (Å²) >= 11 is 0. The Morgan fingerprint density at radius 1 is 1.53 bits per heavy atom. The molecule has 0 aromatic carbocycles. The number of pyridine rings is 1. The highest BCUT2D eigenvalue weighted by Gasteiger charge is 2.16. The summed E-state index contributed by atoms with van der Waals surface area (Å²) in [5, 5.41) is 0. The highest BCUT2D eigenvalue weighted by atomic mass is 19.1. The number of esters is 1. The van der Waals surface area contributed by atoms with Gasteiger partial charge < -0.3 is 9.64 Å². The maximum absolute atomic E-state index is 12.8. The van der Waals surface area contributed by atoms with E-state index >= 15 is 0 Å². The molecule has 94 valence electrons. The van der Waals surface area contributed by atoms with Gasteiger partial charge in [0.2, 0.25) is 0 Å². The van der Waals surface area contributed by atoms with Crippen LogP contribution in [0.15, 0.2) is 18.3 Å². The minimum atomic E-state index is -0.395. The van der Waals surface area contributed by atoms with E-state index in [0.29, 0.717) is 12.4 Å². The Kier molecular flexibility index (Phi) is 4.87. The minimum absolute atomic E-state index is 0.0809. The third-order valence-electron chi connectivity index (χ3n) is 2.23. The van der Waals surface area contributed by atoms with Crippen LogP contribution in [0.2, 0.25) is 0 Å². The number of halogens is 1. The molecule has 0 bridgehead atoms. The monoisotopic (exact) mass is 240 g/mol. The van der Waals surface area contributed by atoms with Crippen molar-refractivity contribution in [3.8, 4) is 0 Å². The largest absolute Gasteiger partial charge is 0.465 e. The van der Waals surface area contributed by atoms with Crippen molar-refractivity contribution in [2.45, 2.75) is 26.8 Å². The number of hydrogen-bond donors (Lipinski definition) is 0. The number of rotatable bonds is 5. The van der Waals surface area contributed by atoms with Gasteiger partial charge in [-0.25, -0.2) is 9.37 Å². The van der Waals surface area contributed by atoms with Crippen LogP contribution in [0.25, 0.3) is 0 Å². The van der Waals surface area contributed by atoms with Crippen LogP contribution in [0.5, 0.6) is 0 Å². The Morgan fingerprint density at radius 2 is 2.24 bits per heavy atom. The van der Waals surface area contributed by atoms with Crippen LogP contribution < -0.4 is 4.90 Å². The van der Waals surface area contributed by atoms with Crippen LogP contribution in [0, 0.1) is 5.82 Å². The van der Waals surface area contributed by atoms with Gasteiger partial charge in [-0.05, 0) is 32.9 Å². The zero-order valence-electron chi connectivity index (χ0n) is 10.3. The van der Waals surface area contributed by atoms with E-state index in [1.807, 2.05) is 13.8 Å². The van der Waals surface area contributed by atoms with Crippen molar-refractivity contribution in [3.05, 3.63) is 24.1 Å². The molecule has 1 rings (SSSR count). The molecule has 0 aliphatic rings. The first-order valence-electron chi connectivity index (χ1n) is 5.58. The van der Waals surface area contributed by atoms with E-state index in [4.69, 9.17) is 4.74 Å². The second-order valence-electron chi connectivity index (χ2n) is 3.86. The lowest BCUT2D eigenvalue weighted by Crippen LogP contribution is -2.37. The zero-order valence-corrected chi connectivity index (χ0v) is 10.3. The molecular formula is C12H17FN2O2. The van der Waals surface area contributed by atoms with Crippen LogP contribution in [0.1, 0.15) is 20.8 Å². The number of carbonyl (C=O) groups is 1. The van der Waals surface area contributed by atoms with Gasteiger partial charge >= 0.3 is 5.97 Å². The summed E-state index contributed by atoms with van der Waals surface area (Å²) in [7, 11) is 0. The van der Waals surface area contributed by atoms with Crippen molar-refractivity contribution < 1.29 is 13.9 Å². The van der Waals surface area contributed by atoms with Gasteiger partial charge in [-0.1, -0.05) is 0 Å². The van der Waals surface area contributed by atoms with Crippen molar-refractivity contribution in [2.75, 3.05) is 18.1 Å². The van der Waals surface area contributed by atoms with Gasteiger partial charge in [-0.2, -0.15) is 0 Å². The highest BCUT2D eigenvalue weighted by Crippen LogP contribution is 2.13. The van der Waals surface area contributed by atoms with E-state index in [0.717, 1.165) is 6.20 Å². The third kappa shape index (κ3) is 4.01. The summed E-state index contributed by atoms with van der Waals surface area (Å²) in [6, 6.07) is 2.95. The molecule has 0 aliphatic carbocycles. The van der Waals surface area contributed by atoms with Crippen LogP contribution in [-0.4, -0.2) is 30.1 Å². The van der Waals surface area contributed by atoms with E-state index in [1.165, 1.54) is 6.07 Å². The normalized spacial score (nSPS) is 10.4. The molecule has 0 unspecified atom stereocenters. The third-order valence-corrected chi connectivity index (χ3v) is 2.23. The molecule has 0 saturated heterocycles. The Balaban J connectivity index is 2.79. The first-order valence-corrected chi connectivity index (χ1v) is 5.58. The fourth-order valence-electron chi connectivity index (χ4n) is 1.41. The Labute approximate surface area is 100 Å². The molecule has 0 N–H and O–H groups in total. The van der Waals surface area contributed by atoms with Crippen molar-refractivity contribution in [1.82, 2.24) is 4.98 Å². The summed E-state index contributed by atoms with van der Waals surface area (Å²) in [6.07, 6.45) is 1.13. The number of hydrogen-bond acceptors (Lipinski definition) is 4. The second-order valence-corrected chi connectivity index (χ2v) is 3.86.